The molecule has 0 aliphatic carbocycles. The lowest BCUT2D eigenvalue weighted by Gasteiger charge is -2.24. The van der Waals surface area contributed by atoms with Crippen LogP contribution in [0.5, 0.6) is 11.5 Å². The average Bonchev–Trinajstić information content (AvgIpc) is 2.46. The monoisotopic (exact) mass is 284 g/mol. The highest BCUT2D eigenvalue weighted by Crippen LogP contribution is 2.36. The predicted octanol–water partition coefficient (Wildman–Crippen LogP) is 2.91. The van der Waals surface area contributed by atoms with Crippen molar-refractivity contribution in [3.63, 3.8) is 0 Å². The van der Waals surface area contributed by atoms with Crippen molar-refractivity contribution in [1.82, 2.24) is 5.32 Å². The summed E-state index contributed by atoms with van der Waals surface area (Å²) < 4.78 is 10.5. The van der Waals surface area contributed by atoms with Gasteiger partial charge in [-0.25, -0.2) is 0 Å². The van der Waals surface area contributed by atoms with Crippen molar-refractivity contribution in [3.8, 4) is 11.5 Å². The molecule has 1 saturated heterocycles. The zero-order chi connectivity index (χ0) is 13.7. The highest BCUT2D eigenvalue weighted by molar-refractivity contribution is 6.33. The molecule has 0 amide bonds. The van der Waals surface area contributed by atoms with Crippen LogP contribution in [0.1, 0.15) is 19.3 Å². The van der Waals surface area contributed by atoms with Crippen LogP contribution in [0.15, 0.2) is 12.1 Å². The zero-order valence-corrected chi connectivity index (χ0v) is 12.2. The Bertz CT molecular complexity index is 420. The minimum absolute atomic E-state index is 0.512. The third kappa shape index (κ3) is 3.67. The van der Waals surface area contributed by atoms with E-state index < -0.39 is 0 Å². The van der Waals surface area contributed by atoms with Crippen LogP contribution in [0.2, 0.25) is 5.02 Å². The smallest absolute Gasteiger partial charge is 0.162 e. The van der Waals surface area contributed by atoms with E-state index in [0.717, 1.165) is 18.8 Å². The second-order valence-electron chi connectivity index (χ2n) is 4.71. The molecule has 1 fully saturated rings. The number of nitrogens with one attached hydrogen (secondary N) is 2. The topological polar surface area (TPSA) is 42.5 Å². The van der Waals surface area contributed by atoms with Crippen LogP contribution >= 0.6 is 11.6 Å². The number of hydrogen-bond acceptors (Lipinski definition) is 4. The maximum Gasteiger partial charge on any atom is 0.162 e. The van der Waals surface area contributed by atoms with E-state index >= 15 is 0 Å². The van der Waals surface area contributed by atoms with Gasteiger partial charge in [-0.1, -0.05) is 18.0 Å². The molecular weight excluding hydrogens is 264 g/mol. The van der Waals surface area contributed by atoms with Crippen LogP contribution in [0.25, 0.3) is 0 Å². The summed E-state index contributed by atoms with van der Waals surface area (Å²) in [7, 11) is 3.23. The first-order valence-electron chi connectivity index (χ1n) is 6.63. The van der Waals surface area contributed by atoms with Gasteiger partial charge in [0.1, 0.15) is 0 Å². The predicted molar refractivity (Wildman–Crippen MR) is 78.7 cm³/mol. The van der Waals surface area contributed by atoms with Gasteiger partial charge in [0.2, 0.25) is 0 Å². The normalized spacial score (nSPS) is 19.0. The van der Waals surface area contributed by atoms with E-state index in [1.165, 1.54) is 19.3 Å². The molecule has 1 aromatic carbocycles. The van der Waals surface area contributed by atoms with Gasteiger partial charge >= 0.3 is 0 Å². The van der Waals surface area contributed by atoms with E-state index in [9.17, 15) is 0 Å². The van der Waals surface area contributed by atoms with E-state index in [4.69, 9.17) is 21.1 Å². The van der Waals surface area contributed by atoms with Crippen LogP contribution in [0.3, 0.4) is 0 Å². The first-order valence-corrected chi connectivity index (χ1v) is 7.01. The summed E-state index contributed by atoms with van der Waals surface area (Å²) >= 11 is 6.24. The summed E-state index contributed by atoms with van der Waals surface area (Å²) in [5.74, 6) is 1.33. The largest absolute Gasteiger partial charge is 0.493 e. The van der Waals surface area contributed by atoms with Gasteiger partial charge in [0.15, 0.2) is 11.5 Å². The van der Waals surface area contributed by atoms with Gasteiger partial charge in [-0.15, -0.1) is 0 Å². The van der Waals surface area contributed by atoms with E-state index in [0.29, 0.717) is 22.6 Å². The fraction of sp³-hybridized carbons (Fsp3) is 0.571. The Kier molecular flexibility index (Phi) is 5.16. The number of methoxy groups -OCH3 is 2. The van der Waals surface area contributed by atoms with E-state index in [1.54, 1.807) is 20.3 Å². The molecule has 2 rings (SSSR count). The maximum atomic E-state index is 6.24. The van der Waals surface area contributed by atoms with E-state index in [-0.39, 0.29) is 0 Å². The minimum atomic E-state index is 0.512. The molecule has 2 N–H and O–H groups in total. The van der Waals surface area contributed by atoms with E-state index in [1.807, 2.05) is 6.07 Å². The molecule has 1 atom stereocenters. The number of benzene rings is 1. The number of anilines is 1. The molecule has 0 aromatic heterocycles. The summed E-state index contributed by atoms with van der Waals surface area (Å²) in [4.78, 5) is 0. The molecule has 19 heavy (non-hydrogen) atoms. The highest BCUT2D eigenvalue weighted by atomic mass is 35.5. The molecular formula is C14H21ClN2O2. The Morgan fingerprint density at radius 2 is 2.00 bits per heavy atom. The van der Waals surface area contributed by atoms with Gasteiger partial charge in [-0.3, -0.25) is 0 Å². The quantitative estimate of drug-likeness (QED) is 0.872. The Morgan fingerprint density at radius 3 is 2.63 bits per heavy atom. The lowest BCUT2D eigenvalue weighted by Crippen LogP contribution is -2.39. The second kappa shape index (κ2) is 6.87. The van der Waals surface area contributed by atoms with Crippen molar-refractivity contribution in [2.24, 2.45) is 0 Å². The Morgan fingerprint density at radius 1 is 1.26 bits per heavy atom. The molecule has 0 saturated carbocycles. The van der Waals surface area contributed by atoms with Gasteiger partial charge in [-0.2, -0.15) is 0 Å². The Balaban J connectivity index is 2.02. The molecule has 4 nitrogen and oxygen atoms in total. The number of piperidine rings is 1. The molecule has 1 aliphatic heterocycles. The van der Waals surface area contributed by atoms with Crippen molar-refractivity contribution in [2.45, 2.75) is 25.3 Å². The molecule has 0 radical (unpaired) electrons. The molecule has 106 valence electrons. The lowest BCUT2D eigenvalue weighted by molar-refractivity contribution is 0.355. The molecule has 0 bridgehead atoms. The number of hydrogen-bond donors (Lipinski definition) is 2. The van der Waals surface area contributed by atoms with Crippen LogP contribution in [0, 0.1) is 0 Å². The summed E-state index contributed by atoms with van der Waals surface area (Å²) in [6.07, 6.45) is 3.77. The summed E-state index contributed by atoms with van der Waals surface area (Å²) in [6.45, 7) is 1.97. The standard InChI is InChI=1S/C14H21ClN2O2/c1-18-13-7-11(15)12(8-14(13)19-2)17-9-10-5-3-4-6-16-10/h7-8,10,16-17H,3-6,9H2,1-2H3. The number of rotatable bonds is 5. The van der Waals surface area contributed by atoms with Crippen molar-refractivity contribution in [3.05, 3.63) is 17.2 Å². The second-order valence-corrected chi connectivity index (χ2v) is 5.12. The summed E-state index contributed by atoms with van der Waals surface area (Å²) in [5.41, 5.74) is 0.881. The van der Waals surface area contributed by atoms with Crippen molar-refractivity contribution in [2.75, 3.05) is 32.6 Å². The third-order valence-corrected chi connectivity index (χ3v) is 3.74. The third-order valence-electron chi connectivity index (χ3n) is 3.42. The fourth-order valence-electron chi connectivity index (χ4n) is 2.32. The Labute approximate surface area is 119 Å². The maximum absolute atomic E-state index is 6.24. The first-order chi connectivity index (χ1) is 9.24. The van der Waals surface area contributed by atoms with Gasteiger partial charge in [0, 0.05) is 24.7 Å². The van der Waals surface area contributed by atoms with Crippen LogP contribution in [-0.2, 0) is 0 Å². The highest BCUT2D eigenvalue weighted by Gasteiger charge is 2.14. The van der Waals surface area contributed by atoms with Gasteiger partial charge in [0.25, 0.3) is 0 Å². The molecule has 5 heteroatoms. The average molecular weight is 285 g/mol. The number of halogens is 1. The first kappa shape index (κ1) is 14.3. The van der Waals surface area contributed by atoms with Crippen LogP contribution < -0.4 is 20.1 Å². The van der Waals surface area contributed by atoms with Gasteiger partial charge in [-0.05, 0) is 19.4 Å². The van der Waals surface area contributed by atoms with Gasteiger partial charge < -0.3 is 20.1 Å². The van der Waals surface area contributed by atoms with Crippen molar-refractivity contribution >= 4 is 17.3 Å². The Hall–Kier alpha value is -1.13. The van der Waals surface area contributed by atoms with E-state index in [2.05, 4.69) is 10.6 Å². The zero-order valence-electron chi connectivity index (χ0n) is 11.5. The van der Waals surface area contributed by atoms with Crippen molar-refractivity contribution in [1.29, 1.82) is 0 Å². The SMILES string of the molecule is COc1cc(Cl)c(NCC2CCCCN2)cc1OC. The van der Waals surface area contributed by atoms with Gasteiger partial charge in [0.05, 0.1) is 24.9 Å². The summed E-state index contributed by atoms with van der Waals surface area (Å²) in [5, 5.41) is 7.52. The van der Waals surface area contributed by atoms with Crippen LogP contribution in [-0.4, -0.2) is 33.4 Å². The molecule has 1 heterocycles. The molecule has 1 unspecified atom stereocenters. The fourth-order valence-corrected chi connectivity index (χ4v) is 2.54. The number of ether oxygens (including phenoxy) is 2. The minimum Gasteiger partial charge on any atom is -0.493 e. The van der Waals surface area contributed by atoms with Crippen LogP contribution in [0.4, 0.5) is 5.69 Å². The summed E-state index contributed by atoms with van der Waals surface area (Å²) in [6, 6.07) is 4.17. The lowest BCUT2D eigenvalue weighted by atomic mass is 10.1. The molecule has 1 aromatic rings. The molecule has 0 spiro atoms. The van der Waals surface area contributed by atoms with Crippen molar-refractivity contribution < 1.29 is 9.47 Å². The molecule has 1 aliphatic rings.